The molecule has 24 heavy (non-hydrogen) atoms. The second kappa shape index (κ2) is 6.09. The molecule has 0 heterocycles. The molecule has 0 spiro atoms. The van der Waals surface area contributed by atoms with Crippen LogP contribution in [0.1, 0.15) is 71.6 Å². The van der Waals surface area contributed by atoms with Crippen molar-refractivity contribution in [2.24, 2.45) is 34.5 Å². The molecule has 0 unspecified atom stereocenters. The van der Waals surface area contributed by atoms with Crippen molar-refractivity contribution < 1.29 is 10.2 Å². The topological polar surface area (TPSA) is 40.5 Å². The highest BCUT2D eigenvalue weighted by molar-refractivity contribution is 9.11. The highest BCUT2D eigenvalue weighted by Crippen LogP contribution is 2.67. The fourth-order valence-electron chi connectivity index (χ4n) is 7.59. The van der Waals surface area contributed by atoms with Gasteiger partial charge in [-0.3, -0.25) is 0 Å². The largest absolute Gasteiger partial charge is 0.393 e. The maximum Gasteiger partial charge on any atom is 0.0746 e. The Bertz CT molecular complexity index is 544. The third kappa shape index (κ3) is 2.41. The van der Waals surface area contributed by atoms with Crippen LogP contribution < -0.4 is 0 Å². The molecule has 3 heteroatoms. The lowest BCUT2D eigenvalue weighted by Gasteiger charge is -2.60. The summed E-state index contributed by atoms with van der Waals surface area (Å²) in [6.45, 7) is 5.19. The molecule has 0 aromatic carbocycles. The molecule has 0 saturated heterocycles. The first-order chi connectivity index (χ1) is 11.4. The van der Waals surface area contributed by atoms with Crippen LogP contribution >= 0.6 is 15.9 Å². The van der Waals surface area contributed by atoms with E-state index in [-0.39, 0.29) is 12.7 Å². The zero-order valence-corrected chi connectivity index (χ0v) is 16.8. The molecule has 2 N–H and O–H groups in total. The normalized spacial score (nSPS) is 53.1. The van der Waals surface area contributed by atoms with Crippen molar-refractivity contribution in [1.29, 1.82) is 0 Å². The number of aliphatic hydroxyl groups excluding tert-OH is 2. The Morgan fingerprint density at radius 2 is 1.88 bits per heavy atom. The van der Waals surface area contributed by atoms with E-state index in [1.54, 1.807) is 0 Å². The minimum atomic E-state index is -0.0463. The van der Waals surface area contributed by atoms with E-state index in [0.717, 1.165) is 41.0 Å². The number of hydrogen-bond donors (Lipinski definition) is 2. The third-order valence-electron chi connectivity index (χ3n) is 8.89. The molecule has 4 rings (SSSR count). The molecule has 0 aromatic rings. The summed E-state index contributed by atoms with van der Waals surface area (Å²) in [4.78, 5) is 0. The molecular formula is C21H33BrO2. The van der Waals surface area contributed by atoms with Gasteiger partial charge in [-0.1, -0.05) is 35.4 Å². The van der Waals surface area contributed by atoms with Crippen molar-refractivity contribution in [1.82, 2.24) is 0 Å². The van der Waals surface area contributed by atoms with Crippen LogP contribution in [-0.2, 0) is 0 Å². The fourth-order valence-corrected chi connectivity index (χ4v) is 8.24. The van der Waals surface area contributed by atoms with Gasteiger partial charge in [-0.15, -0.1) is 0 Å². The van der Waals surface area contributed by atoms with Gasteiger partial charge in [0.1, 0.15) is 0 Å². The van der Waals surface area contributed by atoms with Gasteiger partial charge >= 0.3 is 0 Å². The summed E-state index contributed by atoms with van der Waals surface area (Å²) in [6, 6.07) is 0. The van der Waals surface area contributed by atoms with E-state index in [0.29, 0.717) is 10.8 Å². The summed E-state index contributed by atoms with van der Waals surface area (Å²) in [5, 5.41) is 19.8. The maximum atomic E-state index is 10.1. The second-order valence-corrected chi connectivity index (χ2v) is 10.6. The summed E-state index contributed by atoms with van der Waals surface area (Å²) in [5.41, 5.74) is 2.28. The Kier molecular flexibility index (Phi) is 4.46. The Morgan fingerprint density at radius 3 is 2.62 bits per heavy atom. The standard InChI is InChI=1S/C21H33BrO2/c1-20-9-7-14(24)11-13(20)3-4-15-16-5-6-18(19(22)12-23)21(16,2)10-8-17(15)20/h13-17,23-24H,3-12H2,1-2H3/b19-18+/t13-,14+,15+,16+,17+,20+,21-/m0/s1. The Hall–Kier alpha value is 0.140. The zero-order valence-electron chi connectivity index (χ0n) is 15.2. The van der Waals surface area contributed by atoms with Gasteiger partial charge in [0.25, 0.3) is 0 Å². The third-order valence-corrected chi connectivity index (χ3v) is 9.62. The van der Waals surface area contributed by atoms with Gasteiger partial charge in [0.05, 0.1) is 12.7 Å². The first kappa shape index (κ1) is 17.5. The number of halogens is 1. The molecular weight excluding hydrogens is 364 g/mol. The summed E-state index contributed by atoms with van der Waals surface area (Å²) in [6.07, 6.45) is 11.0. The Labute approximate surface area is 155 Å². The van der Waals surface area contributed by atoms with Crippen LogP contribution in [0.4, 0.5) is 0 Å². The minimum Gasteiger partial charge on any atom is -0.393 e. The molecule has 2 nitrogen and oxygen atoms in total. The first-order valence-corrected chi connectivity index (χ1v) is 10.9. The molecule has 136 valence electrons. The molecule has 7 atom stereocenters. The van der Waals surface area contributed by atoms with Gasteiger partial charge < -0.3 is 10.2 Å². The SMILES string of the molecule is C[C@@]12CC[C@@H](O)C[C@@H]1CC[C@H]1[C@H]2CC[C@]2(C)/C(=C(/Br)CO)CC[C@H]12. The van der Waals surface area contributed by atoms with Crippen molar-refractivity contribution >= 4 is 15.9 Å². The smallest absolute Gasteiger partial charge is 0.0746 e. The van der Waals surface area contributed by atoms with E-state index in [1.807, 2.05) is 0 Å². The van der Waals surface area contributed by atoms with Gasteiger partial charge in [-0.25, -0.2) is 0 Å². The molecule has 4 saturated carbocycles. The van der Waals surface area contributed by atoms with Crippen LogP contribution in [0, 0.1) is 34.5 Å². The quantitative estimate of drug-likeness (QED) is 0.652. The molecule has 0 aromatic heterocycles. The van der Waals surface area contributed by atoms with Crippen molar-refractivity contribution in [2.45, 2.75) is 77.7 Å². The number of fused-ring (bicyclic) bond motifs is 5. The van der Waals surface area contributed by atoms with Gasteiger partial charge in [0.2, 0.25) is 0 Å². The summed E-state index contributed by atoms with van der Waals surface area (Å²) in [5.74, 6) is 3.26. The van der Waals surface area contributed by atoms with E-state index in [9.17, 15) is 10.2 Å². The molecule has 0 radical (unpaired) electrons. The van der Waals surface area contributed by atoms with Crippen LogP contribution in [0.5, 0.6) is 0 Å². The maximum absolute atomic E-state index is 10.1. The van der Waals surface area contributed by atoms with Crippen LogP contribution in [0.3, 0.4) is 0 Å². The number of rotatable bonds is 1. The van der Waals surface area contributed by atoms with Gasteiger partial charge in [0.15, 0.2) is 0 Å². The lowest BCUT2D eigenvalue weighted by atomic mass is 9.45. The van der Waals surface area contributed by atoms with Crippen molar-refractivity contribution in [3.63, 3.8) is 0 Å². The van der Waals surface area contributed by atoms with Crippen LogP contribution in [0.2, 0.25) is 0 Å². The van der Waals surface area contributed by atoms with Gasteiger partial charge in [-0.05, 0) is 92.3 Å². The highest BCUT2D eigenvalue weighted by Gasteiger charge is 2.59. The predicted molar refractivity (Wildman–Crippen MR) is 101 cm³/mol. The molecule has 4 aliphatic rings. The number of hydrogen-bond acceptors (Lipinski definition) is 2. The highest BCUT2D eigenvalue weighted by atomic mass is 79.9. The second-order valence-electron chi connectivity index (χ2n) is 9.62. The Morgan fingerprint density at radius 1 is 1.08 bits per heavy atom. The zero-order chi connectivity index (χ0) is 17.1. The molecule has 4 fully saturated rings. The van der Waals surface area contributed by atoms with E-state index >= 15 is 0 Å². The summed E-state index contributed by atoms with van der Waals surface area (Å²) < 4.78 is 1.06. The Balaban J connectivity index is 1.63. The van der Waals surface area contributed by atoms with Crippen LogP contribution in [0.15, 0.2) is 10.1 Å². The van der Waals surface area contributed by atoms with E-state index in [1.165, 1.54) is 50.5 Å². The molecule has 4 aliphatic carbocycles. The molecule has 0 bridgehead atoms. The van der Waals surface area contributed by atoms with Crippen molar-refractivity contribution in [3.8, 4) is 0 Å². The lowest BCUT2D eigenvalue weighted by molar-refractivity contribution is -0.116. The van der Waals surface area contributed by atoms with Crippen molar-refractivity contribution in [3.05, 3.63) is 10.1 Å². The van der Waals surface area contributed by atoms with E-state index in [2.05, 4.69) is 29.8 Å². The fraction of sp³-hybridized carbons (Fsp3) is 0.905. The predicted octanol–water partition coefficient (Wildman–Crippen LogP) is 5.03. The average molecular weight is 397 g/mol. The lowest BCUT2D eigenvalue weighted by Crippen LogP contribution is -2.53. The molecule has 0 aliphatic heterocycles. The summed E-state index contributed by atoms with van der Waals surface area (Å²) in [7, 11) is 0. The van der Waals surface area contributed by atoms with Gasteiger partial charge in [-0.2, -0.15) is 0 Å². The van der Waals surface area contributed by atoms with Crippen LogP contribution in [-0.4, -0.2) is 22.9 Å². The molecule has 0 amide bonds. The number of aliphatic hydroxyl groups is 2. The van der Waals surface area contributed by atoms with E-state index < -0.39 is 0 Å². The first-order valence-electron chi connectivity index (χ1n) is 10.1. The van der Waals surface area contributed by atoms with E-state index in [4.69, 9.17) is 0 Å². The monoisotopic (exact) mass is 396 g/mol. The average Bonchev–Trinajstić information content (AvgIpc) is 2.92. The van der Waals surface area contributed by atoms with Gasteiger partial charge in [0, 0.05) is 4.48 Å². The number of allylic oxidation sites excluding steroid dienone is 1. The minimum absolute atomic E-state index is 0.0463. The summed E-state index contributed by atoms with van der Waals surface area (Å²) >= 11 is 3.66. The van der Waals surface area contributed by atoms with Crippen LogP contribution in [0.25, 0.3) is 0 Å². The van der Waals surface area contributed by atoms with Crippen molar-refractivity contribution in [2.75, 3.05) is 6.61 Å².